The van der Waals surface area contributed by atoms with Crippen LogP contribution in [0, 0.1) is 0 Å². The van der Waals surface area contributed by atoms with E-state index in [2.05, 4.69) is 0 Å². The summed E-state index contributed by atoms with van der Waals surface area (Å²) in [5.74, 6) is -0.625. The van der Waals surface area contributed by atoms with Gasteiger partial charge in [0.1, 0.15) is 0 Å². The van der Waals surface area contributed by atoms with Gasteiger partial charge < -0.3 is 0 Å². The zero-order valence-corrected chi connectivity index (χ0v) is 6.32. The lowest BCUT2D eigenvalue weighted by Crippen LogP contribution is -2.24. The van der Waals surface area contributed by atoms with E-state index in [9.17, 15) is 9.59 Å². The third-order valence-electron chi connectivity index (χ3n) is 0.352. The highest BCUT2D eigenvalue weighted by molar-refractivity contribution is 5.92. The summed E-state index contributed by atoms with van der Waals surface area (Å²) < 4.78 is 0. The third-order valence-corrected chi connectivity index (χ3v) is 0.352. The molecule has 0 unspecified atom stereocenters. The maximum Gasteiger partial charge on any atom is 0.223 e. The van der Waals surface area contributed by atoms with E-state index in [4.69, 9.17) is 0 Å². The average molecular weight is 131 g/mol. The Kier molecular flexibility index (Phi) is 8.73. The van der Waals surface area contributed by atoms with Crippen molar-refractivity contribution in [2.24, 2.45) is 0 Å². The van der Waals surface area contributed by atoms with Crippen LogP contribution in [-0.4, -0.2) is 11.8 Å². The van der Waals surface area contributed by atoms with Crippen molar-refractivity contribution in [3.63, 3.8) is 0 Å². The Morgan fingerprint density at radius 3 is 1.22 bits per heavy atom. The lowest BCUT2D eigenvalue weighted by Gasteiger charge is -1.88. The standard InChI is InChI=1S/C4H7NO2.C2H6/c1-3(6)5-4(2)7;1-2/h1-2H3,(H,5,6,7);1-2H3. The summed E-state index contributed by atoms with van der Waals surface area (Å²) >= 11 is 0. The molecule has 0 aliphatic heterocycles. The first-order valence-corrected chi connectivity index (χ1v) is 2.91. The van der Waals surface area contributed by atoms with Crippen LogP contribution in [-0.2, 0) is 9.59 Å². The molecular formula is C6H13NO2. The zero-order chi connectivity index (χ0) is 7.86. The van der Waals surface area contributed by atoms with Crippen molar-refractivity contribution >= 4 is 11.8 Å². The molecule has 54 valence electrons. The van der Waals surface area contributed by atoms with Crippen LogP contribution in [0.5, 0.6) is 0 Å². The van der Waals surface area contributed by atoms with Gasteiger partial charge in [-0.05, 0) is 0 Å². The van der Waals surface area contributed by atoms with Gasteiger partial charge in [0.05, 0.1) is 0 Å². The fraction of sp³-hybridized carbons (Fsp3) is 0.667. The van der Waals surface area contributed by atoms with Crippen molar-refractivity contribution in [3.05, 3.63) is 0 Å². The highest BCUT2D eigenvalue weighted by Crippen LogP contribution is 1.58. The molecule has 0 rings (SSSR count). The van der Waals surface area contributed by atoms with E-state index in [1.54, 1.807) is 0 Å². The lowest BCUT2D eigenvalue weighted by atomic mass is 10.6. The van der Waals surface area contributed by atoms with Crippen LogP contribution in [0.2, 0.25) is 0 Å². The Labute approximate surface area is 55.4 Å². The summed E-state index contributed by atoms with van der Waals surface area (Å²) in [7, 11) is 0. The van der Waals surface area contributed by atoms with E-state index in [0.29, 0.717) is 0 Å². The van der Waals surface area contributed by atoms with Crippen molar-refractivity contribution in [1.82, 2.24) is 5.32 Å². The second-order valence-corrected chi connectivity index (χ2v) is 1.24. The molecule has 0 heterocycles. The van der Waals surface area contributed by atoms with E-state index in [1.165, 1.54) is 13.8 Å². The average Bonchev–Trinajstić information content (AvgIpc) is 1.68. The molecule has 0 saturated carbocycles. The predicted molar refractivity (Wildman–Crippen MR) is 35.8 cm³/mol. The van der Waals surface area contributed by atoms with Crippen LogP contribution >= 0.6 is 0 Å². The maximum absolute atomic E-state index is 9.92. The second kappa shape index (κ2) is 7.14. The number of nitrogens with one attached hydrogen (secondary N) is 1. The summed E-state index contributed by atoms with van der Waals surface area (Å²) in [4.78, 5) is 19.8. The van der Waals surface area contributed by atoms with E-state index in [-0.39, 0.29) is 11.8 Å². The number of amides is 2. The molecule has 0 bridgehead atoms. The number of carbonyl (C=O) groups is 2. The van der Waals surface area contributed by atoms with Crippen LogP contribution in [0.3, 0.4) is 0 Å². The molecule has 3 nitrogen and oxygen atoms in total. The Morgan fingerprint density at radius 1 is 1.00 bits per heavy atom. The highest BCUT2D eigenvalue weighted by Gasteiger charge is 1.90. The van der Waals surface area contributed by atoms with Crippen molar-refractivity contribution < 1.29 is 9.59 Å². The molecule has 0 aliphatic carbocycles. The van der Waals surface area contributed by atoms with Crippen LogP contribution in [0.4, 0.5) is 0 Å². The van der Waals surface area contributed by atoms with Crippen molar-refractivity contribution in [1.29, 1.82) is 0 Å². The minimum Gasteiger partial charge on any atom is -0.297 e. The summed E-state index contributed by atoms with van der Waals surface area (Å²) in [5, 5.41) is 2.03. The van der Waals surface area contributed by atoms with Gasteiger partial charge in [-0.25, -0.2) is 0 Å². The molecule has 0 saturated heterocycles. The van der Waals surface area contributed by atoms with Gasteiger partial charge >= 0.3 is 0 Å². The zero-order valence-electron chi connectivity index (χ0n) is 6.32. The van der Waals surface area contributed by atoms with Crippen molar-refractivity contribution in [2.75, 3.05) is 0 Å². The molecule has 0 aromatic heterocycles. The molecule has 1 N–H and O–H groups in total. The van der Waals surface area contributed by atoms with Gasteiger partial charge in [-0.3, -0.25) is 14.9 Å². The number of hydrogen-bond acceptors (Lipinski definition) is 2. The monoisotopic (exact) mass is 131 g/mol. The summed E-state index contributed by atoms with van der Waals surface area (Å²) in [6, 6.07) is 0. The molecule has 3 heteroatoms. The van der Waals surface area contributed by atoms with E-state index >= 15 is 0 Å². The SMILES string of the molecule is CC.CC(=O)NC(C)=O. The second-order valence-electron chi connectivity index (χ2n) is 1.24. The normalized spacial score (nSPS) is 6.67. The van der Waals surface area contributed by atoms with Crippen LogP contribution in [0.25, 0.3) is 0 Å². The van der Waals surface area contributed by atoms with Gasteiger partial charge in [-0.1, -0.05) is 13.8 Å². The first-order valence-electron chi connectivity index (χ1n) is 2.91. The third kappa shape index (κ3) is 19.1. The first-order chi connectivity index (χ1) is 4.13. The molecule has 0 radical (unpaired) electrons. The Balaban J connectivity index is 0. The van der Waals surface area contributed by atoms with Gasteiger partial charge in [0.15, 0.2) is 0 Å². The smallest absolute Gasteiger partial charge is 0.223 e. The largest absolute Gasteiger partial charge is 0.297 e. The number of imide groups is 1. The summed E-state index contributed by atoms with van der Waals surface area (Å²) in [6.07, 6.45) is 0. The lowest BCUT2D eigenvalue weighted by molar-refractivity contribution is -0.127. The number of rotatable bonds is 0. The summed E-state index contributed by atoms with van der Waals surface area (Å²) in [5.41, 5.74) is 0. The fourth-order valence-electron chi connectivity index (χ4n) is 0.248. The minimum absolute atomic E-state index is 0.312. The fourth-order valence-corrected chi connectivity index (χ4v) is 0.248. The Bertz CT molecular complexity index is 87.2. The van der Waals surface area contributed by atoms with Gasteiger partial charge in [-0.15, -0.1) is 0 Å². The molecule has 0 aromatic carbocycles. The first kappa shape index (κ1) is 11.0. The molecule has 0 aromatic rings. The van der Waals surface area contributed by atoms with Gasteiger partial charge in [0.2, 0.25) is 11.8 Å². The van der Waals surface area contributed by atoms with Gasteiger partial charge in [0, 0.05) is 13.8 Å². The van der Waals surface area contributed by atoms with Crippen molar-refractivity contribution in [3.8, 4) is 0 Å². The Hall–Kier alpha value is -0.860. The molecule has 0 aliphatic rings. The maximum atomic E-state index is 9.92. The van der Waals surface area contributed by atoms with Crippen LogP contribution < -0.4 is 5.32 Å². The van der Waals surface area contributed by atoms with Crippen LogP contribution in [0.15, 0.2) is 0 Å². The topological polar surface area (TPSA) is 46.2 Å². The summed E-state index contributed by atoms with van der Waals surface area (Å²) in [6.45, 7) is 6.59. The molecule has 0 fully saturated rings. The van der Waals surface area contributed by atoms with Crippen molar-refractivity contribution in [2.45, 2.75) is 27.7 Å². The number of carbonyl (C=O) groups excluding carboxylic acids is 2. The highest BCUT2D eigenvalue weighted by atomic mass is 16.2. The van der Waals surface area contributed by atoms with E-state index in [0.717, 1.165) is 0 Å². The van der Waals surface area contributed by atoms with Crippen LogP contribution in [0.1, 0.15) is 27.7 Å². The van der Waals surface area contributed by atoms with Gasteiger partial charge in [-0.2, -0.15) is 0 Å². The molecular weight excluding hydrogens is 118 g/mol. The number of hydrogen-bond donors (Lipinski definition) is 1. The predicted octanol–water partition coefficient (Wildman–Crippen LogP) is 0.695. The molecule has 0 atom stereocenters. The quantitative estimate of drug-likeness (QED) is 0.526. The van der Waals surface area contributed by atoms with E-state index in [1.807, 2.05) is 19.2 Å². The Morgan fingerprint density at radius 2 is 1.22 bits per heavy atom. The molecule has 9 heavy (non-hydrogen) atoms. The van der Waals surface area contributed by atoms with Gasteiger partial charge in [0.25, 0.3) is 0 Å². The molecule has 2 amide bonds. The molecule has 0 spiro atoms. The minimum atomic E-state index is -0.312. The van der Waals surface area contributed by atoms with E-state index < -0.39 is 0 Å².